The van der Waals surface area contributed by atoms with Crippen LogP contribution >= 0.6 is 0 Å². The van der Waals surface area contributed by atoms with Gasteiger partial charge in [-0.15, -0.1) is 0 Å². The van der Waals surface area contributed by atoms with Gasteiger partial charge in [0.1, 0.15) is 11.6 Å². The number of ketones is 1. The van der Waals surface area contributed by atoms with Crippen LogP contribution < -0.4 is 0 Å². The van der Waals surface area contributed by atoms with Gasteiger partial charge in [-0.3, -0.25) is 4.79 Å². The lowest BCUT2D eigenvalue weighted by Gasteiger charge is -2.00. The van der Waals surface area contributed by atoms with Crippen molar-refractivity contribution in [2.75, 3.05) is 0 Å². The van der Waals surface area contributed by atoms with E-state index in [1.165, 1.54) is 6.07 Å². The van der Waals surface area contributed by atoms with Crippen molar-refractivity contribution in [2.24, 2.45) is 5.92 Å². The second-order valence-electron chi connectivity index (χ2n) is 5.19. The normalized spacial score (nSPS) is 11.0. The zero-order chi connectivity index (χ0) is 14.5. The molecule has 0 aliphatic rings. The molecule has 5 heteroatoms. The van der Waals surface area contributed by atoms with E-state index >= 15 is 0 Å². The minimum Gasteiger partial charge on any atom is -0.339 e. The summed E-state index contributed by atoms with van der Waals surface area (Å²) < 4.78 is 18.5. The highest BCUT2D eigenvalue weighted by atomic mass is 19.1. The number of Topliss-reactive ketones (excluding diaryl/α,β-unsaturated/α-hetero) is 1. The molecule has 2 aromatic rings. The van der Waals surface area contributed by atoms with Crippen molar-refractivity contribution in [3.8, 4) is 0 Å². The molecule has 0 unspecified atom stereocenters. The van der Waals surface area contributed by atoms with E-state index in [1.54, 1.807) is 18.2 Å². The van der Waals surface area contributed by atoms with E-state index in [-0.39, 0.29) is 24.4 Å². The van der Waals surface area contributed by atoms with Crippen LogP contribution in [0.3, 0.4) is 0 Å². The fourth-order valence-electron chi connectivity index (χ4n) is 1.94. The SMILES string of the molecule is CC(C)CC(=O)Cc1nc(Cc2ccccc2F)no1. The van der Waals surface area contributed by atoms with Crippen LogP contribution in [0.4, 0.5) is 4.39 Å². The minimum absolute atomic E-state index is 0.0705. The number of hydrogen-bond acceptors (Lipinski definition) is 4. The summed E-state index contributed by atoms with van der Waals surface area (Å²) in [6.45, 7) is 3.96. The second-order valence-corrected chi connectivity index (χ2v) is 5.19. The van der Waals surface area contributed by atoms with Gasteiger partial charge in [-0.1, -0.05) is 37.2 Å². The maximum atomic E-state index is 13.5. The quantitative estimate of drug-likeness (QED) is 0.814. The van der Waals surface area contributed by atoms with Gasteiger partial charge in [-0.2, -0.15) is 4.98 Å². The van der Waals surface area contributed by atoms with Crippen LogP contribution in [0.25, 0.3) is 0 Å². The Morgan fingerprint density at radius 2 is 2.10 bits per heavy atom. The van der Waals surface area contributed by atoms with E-state index in [0.29, 0.717) is 29.6 Å². The number of carbonyl (C=O) groups is 1. The van der Waals surface area contributed by atoms with Gasteiger partial charge in [-0.05, 0) is 17.5 Å². The van der Waals surface area contributed by atoms with Crippen molar-refractivity contribution in [1.29, 1.82) is 0 Å². The first-order valence-electron chi connectivity index (χ1n) is 6.61. The van der Waals surface area contributed by atoms with Crippen molar-refractivity contribution >= 4 is 5.78 Å². The van der Waals surface area contributed by atoms with Gasteiger partial charge in [0, 0.05) is 12.8 Å². The predicted molar refractivity (Wildman–Crippen MR) is 71.7 cm³/mol. The highest BCUT2D eigenvalue weighted by Crippen LogP contribution is 2.12. The fraction of sp³-hybridized carbons (Fsp3) is 0.400. The van der Waals surface area contributed by atoms with Crippen LogP contribution in [-0.4, -0.2) is 15.9 Å². The number of hydrogen-bond donors (Lipinski definition) is 0. The van der Waals surface area contributed by atoms with Crippen molar-refractivity contribution < 1.29 is 13.7 Å². The first kappa shape index (κ1) is 14.4. The summed E-state index contributed by atoms with van der Waals surface area (Å²) in [4.78, 5) is 15.8. The lowest BCUT2D eigenvalue weighted by Crippen LogP contribution is -2.06. The highest BCUT2D eigenvalue weighted by Gasteiger charge is 2.13. The molecule has 20 heavy (non-hydrogen) atoms. The van der Waals surface area contributed by atoms with Crippen molar-refractivity contribution in [3.05, 3.63) is 47.4 Å². The molecule has 1 aromatic heterocycles. The molecule has 0 aliphatic carbocycles. The summed E-state index contributed by atoms with van der Waals surface area (Å²) in [6, 6.07) is 6.45. The smallest absolute Gasteiger partial charge is 0.234 e. The van der Waals surface area contributed by atoms with E-state index in [2.05, 4.69) is 10.1 Å². The monoisotopic (exact) mass is 276 g/mol. The van der Waals surface area contributed by atoms with Crippen LogP contribution in [0, 0.1) is 11.7 Å². The first-order valence-corrected chi connectivity index (χ1v) is 6.61. The summed E-state index contributed by atoms with van der Waals surface area (Å²) in [7, 11) is 0. The maximum absolute atomic E-state index is 13.5. The Kier molecular flexibility index (Phi) is 4.61. The number of rotatable bonds is 6. The molecule has 106 valence electrons. The van der Waals surface area contributed by atoms with E-state index < -0.39 is 0 Å². The molecular formula is C15H17FN2O2. The first-order chi connectivity index (χ1) is 9.54. The molecule has 0 saturated carbocycles. The average Bonchev–Trinajstić information content (AvgIpc) is 2.78. The molecule has 0 atom stereocenters. The largest absolute Gasteiger partial charge is 0.339 e. The second kappa shape index (κ2) is 6.41. The zero-order valence-electron chi connectivity index (χ0n) is 11.6. The number of carbonyl (C=O) groups excluding carboxylic acids is 1. The fourth-order valence-corrected chi connectivity index (χ4v) is 1.94. The number of aromatic nitrogens is 2. The zero-order valence-corrected chi connectivity index (χ0v) is 11.6. The lowest BCUT2D eigenvalue weighted by molar-refractivity contribution is -0.119. The Balaban J connectivity index is 1.99. The summed E-state index contributed by atoms with van der Waals surface area (Å²) in [5, 5.41) is 3.78. The van der Waals surface area contributed by atoms with Gasteiger partial charge in [0.2, 0.25) is 5.89 Å². The maximum Gasteiger partial charge on any atom is 0.234 e. The van der Waals surface area contributed by atoms with Crippen LogP contribution in [0.15, 0.2) is 28.8 Å². The Labute approximate surface area is 117 Å². The van der Waals surface area contributed by atoms with Crippen LogP contribution in [0.1, 0.15) is 37.5 Å². The molecule has 0 fully saturated rings. The molecule has 0 bridgehead atoms. The van der Waals surface area contributed by atoms with E-state index in [9.17, 15) is 9.18 Å². The average molecular weight is 276 g/mol. The minimum atomic E-state index is -0.297. The number of halogens is 1. The molecule has 0 aliphatic heterocycles. The van der Waals surface area contributed by atoms with E-state index in [1.807, 2.05) is 13.8 Å². The molecule has 0 N–H and O–H groups in total. The van der Waals surface area contributed by atoms with E-state index in [4.69, 9.17) is 4.52 Å². The van der Waals surface area contributed by atoms with E-state index in [0.717, 1.165) is 0 Å². The molecule has 1 heterocycles. The topological polar surface area (TPSA) is 56.0 Å². The Morgan fingerprint density at radius 1 is 1.35 bits per heavy atom. The predicted octanol–water partition coefficient (Wildman–Crippen LogP) is 2.96. The van der Waals surface area contributed by atoms with Crippen LogP contribution in [0.2, 0.25) is 0 Å². The Hall–Kier alpha value is -2.04. The van der Waals surface area contributed by atoms with Crippen molar-refractivity contribution in [1.82, 2.24) is 10.1 Å². The molecule has 0 spiro atoms. The molecule has 4 nitrogen and oxygen atoms in total. The van der Waals surface area contributed by atoms with Crippen molar-refractivity contribution in [2.45, 2.75) is 33.1 Å². The molecule has 0 amide bonds. The molecule has 2 rings (SSSR count). The Morgan fingerprint density at radius 3 is 2.80 bits per heavy atom. The summed E-state index contributed by atoms with van der Waals surface area (Å²) in [5.41, 5.74) is 0.508. The van der Waals surface area contributed by atoms with Gasteiger partial charge in [0.25, 0.3) is 0 Å². The summed E-state index contributed by atoms with van der Waals surface area (Å²) in [6.07, 6.45) is 0.891. The third-order valence-corrected chi connectivity index (χ3v) is 2.80. The third-order valence-electron chi connectivity index (χ3n) is 2.80. The van der Waals surface area contributed by atoms with Gasteiger partial charge in [0.15, 0.2) is 5.82 Å². The molecule has 1 aromatic carbocycles. The van der Waals surface area contributed by atoms with Gasteiger partial charge in [0.05, 0.1) is 6.42 Å². The van der Waals surface area contributed by atoms with Crippen LogP contribution in [-0.2, 0) is 17.6 Å². The van der Waals surface area contributed by atoms with Gasteiger partial charge in [-0.25, -0.2) is 4.39 Å². The number of benzene rings is 1. The highest BCUT2D eigenvalue weighted by molar-refractivity contribution is 5.80. The Bertz CT molecular complexity index is 593. The third kappa shape index (κ3) is 3.98. The summed E-state index contributed by atoms with van der Waals surface area (Å²) >= 11 is 0. The molecule has 0 radical (unpaired) electrons. The van der Waals surface area contributed by atoms with Gasteiger partial charge >= 0.3 is 0 Å². The van der Waals surface area contributed by atoms with Crippen molar-refractivity contribution in [3.63, 3.8) is 0 Å². The summed E-state index contributed by atoms with van der Waals surface area (Å²) in [5.74, 6) is 0.767. The standard InChI is InChI=1S/C15H17FN2O2/c1-10(2)7-12(19)9-15-17-14(18-20-15)8-11-5-3-4-6-13(11)16/h3-6,10H,7-9H2,1-2H3. The van der Waals surface area contributed by atoms with Gasteiger partial charge < -0.3 is 4.52 Å². The van der Waals surface area contributed by atoms with Crippen LogP contribution in [0.5, 0.6) is 0 Å². The lowest BCUT2D eigenvalue weighted by atomic mass is 10.1. The number of nitrogens with zero attached hydrogens (tertiary/aromatic N) is 2. The molecular weight excluding hydrogens is 259 g/mol. The molecule has 0 saturated heterocycles.